The van der Waals surface area contributed by atoms with Crippen molar-refractivity contribution in [2.75, 3.05) is 5.73 Å². The molecule has 0 bridgehead atoms. The molecule has 0 aliphatic heterocycles. The lowest BCUT2D eigenvalue weighted by molar-refractivity contribution is 0.0286. The molecule has 0 saturated carbocycles. The molecular weight excluding hydrogens is 270 g/mol. The Balaban J connectivity index is 1.73. The standard InChI is InChI=1S/C17H18ClNO/c18-14-9-8-13(16(19)10-14)11-20-17-7-3-5-12-4-1-2-6-15(12)17/h1-2,4,6,8-10,17H,3,5,7,11,19H2. The molecule has 1 aliphatic rings. The highest BCUT2D eigenvalue weighted by atomic mass is 35.5. The molecule has 3 heteroatoms. The summed E-state index contributed by atoms with van der Waals surface area (Å²) in [5.41, 5.74) is 10.4. The predicted molar refractivity (Wildman–Crippen MR) is 82.8 cm³/mol. The molecule has 1 aliphatic carbocycles. The molecule has 2 nitrogen and oxygen atoms in total. The fourth-order valence-electron chi connectivity index (χ4n) is 2.77. The second-order valence-electron chi connectivity index (χ2n) is 5.23. The summed E-state index contributed by atoms with van der Waals surface area (Å²) in [6.07, 6.45) is 3.58. The van der Waals surface area contributed by atoms with Crippen LogP contribution in [0.3, 0.4) is 0 Å². The summed E-state index contributed by atoms with van der Waals surface area (Å²) in [6, 6.07) is 14.1. The fraction of sp³-hybridized carbons (Fsp3) is 0.294. The maximum Gasteiger partial charge on any atom is 0.0832 e. The van der Waals surface area contributed by atoms with Crippen LogP contribution in [-0.4, -0.2) is 0 Å². The Kier molecular flexibility index (Phi) is 3.95. The van der Waals surface area contributed by atoms with Crippen LogP contribution in [0.15, 0.2) is 42.5 Å². The number of anilines is 1. The number of nitrogens with two attached hydrogens (primary N) is 1. The van der Waals surface area contributed by atoms with E-state index < -0.39 is 0 Å². The van der Waals surface area contributed by atoms with Crippen LogP contribution in [0.1, 0.15) is 35.6 Å². The predicted octanol–water partition coefficient (Wildman–Crippen LogP) is 4.52. The maximum atomic E-state index is 6.09. The summed E-state index contributed by atoms with van der Waals surface area (Å²) >= 11 is 5.91. The normalized spacial score (nSPS) is 17.8. The van der Waals surface area contributed by atoms with E-state index in [1.165, 1.54) is 17.5 Å². The molecule has 0 amide bonds. The molecule has 20 heavy (non-hydrogen) atoms. The first-order valence-corrected chi connectivity index (χ1v) is 7.35. The summed E-state index contributed by atoms with van der Waals surface area (Å²) in [6.45, 7) is 0.530. The van der Waals surface area contributed by atoms with Crippen LogP contribution in [0.25, 0.3) is 0 Å². The summed E-state index contributed by atoms with van der Waals surface area (Å²) < 4.78 is 6.09. The highest BCUT2D eigenvalue weighted by Gasteiger charge is 2.20. The van der Waals surface area contributed by atoms with Gasteiger partial charge in [-0.05, 0) is 42.5 Å². The highest BCUT2D eigenvalue weighted by Crippen LogP contribution is 2.33. The highest BCUT2D eigenvalue weighted by molar-refractivity contribution is 6.30. The summed E-state index contributed by atoms with van der Waals surface area (Å²) in [4.78, 5) is 0. The Labute approximate surface area is 124 Å². The van der Waals surface area contributed by atoms with E-state index in [0.29, 0.717) is 17.3 Å². The van der Waals surface area contributed by atoms with Crippen LogP contribution in [0.5, 0.6) is 0 Å². The average molecular weight is 288 g/mol. The maximum absolute atomic E-state index is 6.09. The summed E-state index contributed by atoms with van der Waals surface area (Å²) in [7, 11) is 0. The van der Waals surface area contributed by atoms with Gasteiger partial charge in [-0.2, -0.15) is 0 Å². The minimum Gasteiger partial charge on any atom is -0.398 e. The molecule has 0 fully saturated rings. The van der Waals surface area contributed by atoms with E-state index in [4.69, 9.17) is 22.1 Å². The number of rotatable bonds is 3. The van der Waals surface area contributed by atoms with Gasteiger partial charge in [0.2, 0.25) is 0 Å². The van der Waals surface area contributed by atoms with Gasteiger partial charge in [-0.3, -0.25) is 0 Å². The van der Waals surface area contributed by atoms with Gasteiger partial charge < -0.3 is 10.5 Å². The van der Waals surface area contributed by atoms with Crippen molar-refractivity contribution >= 4 is 17.3 Å². The SMILES string of the molecule is Nc1cc(Cl)ccc1COC1CCCc2ccccc21. The number of ether oxygens (including phenoxy) is 1. The van der Waals surface area contributed by atoms with Gasteiger partial charge in [-0.25, -0.2) is 0 Å². The number of aryl methyl sites for hydroxylation is 1. The topological polar surface area (TPSA) is 35.2 Å². The summed E-state index contributed by atoms with van der Waals surface area (Å²) in [5, 5.41) is 0.661. The monoisotopic (exact) mass is 287 g/mol. The molecule has 0 heterocycles. The number of fused-ring (bicyclic) bond motifs is 1. The van der Waals surface area contributed by atoms with Crippen LogP contribution in [0.4, 0.5) is 5.69 Å². The molecule has 3 rings (SSSR count). The van der Waals surface area contributed by atoms with Crippen molar-refractivity contribution < 1.29 is 4.74 Å². The third kappa shape index (κ3) is 2.82. The zero-order chi connectivity index (χ0) is 13.9. The van der Waals surface area contributed by atoms with Gasteiger partial charge in [-0.15, -0.1) is 0 Å². The van der Waals surface area contributed by atoms with Crippen LogP contribution in [0, 0.1) is 0 Å². The van der Waals surface area contributed by atoms with E-state index in [0.717, 1.165) is 18.4 Å². The summed E-state index contributed by atoms with van der Waals surface area (Å²) in [5.74, 6) is 0. The Morgan fingerprint density at radius 2 is 2.05 bits per heavy atom. The first-order chi connectivity index (χ1) is 9.74. The number of nitrogen functional groups attached to an aromatic ring is 1. The van der Waals surface area contributed by atoms with Crippen molar-refractivity contribution in [1.29, 1.82) is 0 Å². The van der Waals surface area contributed by atoms with Crippen molar-refractivity contribution in [2.24, 2.45) is 0 Å². The van der Waals surface area contributed by atoms with Crippen molar-refractivity contribution in [3.63, 3.8) is 0 Å². The molecule has 104 valence electrons. The minimum absolute atomic E-state index is 0.176. The molecule has 1 atom stereocenters. The number of hydrogen-bond acceptors (Lipinski definition) is 2. The largest absolute Gasteiger partial charge is 0.398 e. The molecule has 1 unspecified atom stereocenters. The van der Waals surface area contributed by atoms with Gasteiger partial charge in [0.15, 0.2) is 0 Å². The number of hydrogen-bond donors (Lipinski definition) is 1. The first-order valence-electron chi connectivity index (χ1n) is 6.97. The van der Waals surface area contributed by atoms with Crippen LogP contribution < -0.4 is 5.73 Å². The van der Waals surface area contributed by atoms with Gasteiger partial charge in [0.1, 0.15) is 0 Å². The van der Waals surface area contributed by atoms with E-state index in [-0.39, 0.29) is 6.10 Å². The van der Waals surface area contributed by atoms with Crippen LogP contribution in [0.2, 0.25) is 5.02 Å². The number of benzene rings is 2. The minimum atomic E-state index is 0.176. The smallest absolute Gasteiger partial charge is 0.0832 e. The molecule has 0 saturated heterocycles. The Morgan fingerprint density at radius 1 is 1.20 bits per heavy atom. The van der Waals surface area contributed by atoms with Crippen molar-refractivity contribution in [1.82, 2.24) is 0 Å². The van der Waals surface area contributed by atoms with Gasteiger partial charge in [-0.1, -0.05) is 41.9 Å². The molecule has 0 radical (unpaired) electrons. The molecule has 0 aromatic heterocycles. The Bertz CT molecular complexity index is 612. The van der Waals surface area contributed by atoms with Gasteiger partial charge in [0.05, 0.1) is 12.7 Å². The van der Waals surface area contributed by atoms with Gasteiger partial charge >= 0.3 is 0 Å². The second kappa shape index (κ2) is 5.86. The Morgan fingerprint density at radius 3 is 2.90 bits per heavy atom. The third-order valence-electron chi connectivity index (χ3n) is 3.86. The quantitative estimate of drug-likeness (QED) is 0.843. The molecule has 2 N–H and O–H groups in total. The van der Waals surface area contributed by atoms with E-state index in [1.807, 2.05) is 12.1 Å². The lowest BCUT2D eigenvalue weighted by Gasteiger charge is -2.25. The number of halogens is 1. The Hall–Kier alpha value is -1.51. The molecular formula is C17H18ClNO. The van der Waals surface area contributed by atoms with Crippen LogP contribution in [-0.2, 0) is 17.8 Å². The average Bonchev–Trinajstić information content (AvgIpc) is 2.46. The van der Waals surface area contributed by atoms with E-state index >= 15 is 0 Å². The van der Waals surface area contributed by atoms with Crippen LogP contribution >= 0.6 is 11.6 Å². The van der Waals surface area contributed by atoms with Crippen molar-refractivity contribution in [2.45, 2.75) is 32.0 Å². The lowest BCUT2D eigenvalue weighted by atomic mass is 9.89. The fourth-order valence-corrected chi connectivity index (χ4v) is 2.95. The van der Waals surface area contributed by atoms with Crippen molar-refractivity contribution in [3.8, 4) is 0 Å². The van der Waals surface area contributed by atoms with Gasteiger partial charge in [0.25, 0.3) is 0 Å². The molecule has 2 aromatic rings. The van der Waals surface area contributed by atoms with E-state index in [1.54, 1.807) is 6.07 Å². The van der Waals surface area contributed by atoms with E-state index in [9.17, 15) is 0 Å². The van der Waals surface area contributed by atoms with Crippen molar-refractivity contribution in [3.05, 3.63) is 64.2 Å². The first kappa shape index (κ1) is 13.5. The zero-order valence-corrected chi connectivity index (χ0v) is 12.1. The molecule has 0 spiro atoms. The zero-order valence-electron chi connectivity index (χ0n) is 11.3. The second-order valence-corrected chi connectivity index (χ2v) is 5.67. The molecule has 2 aromatic carbocycles. The lowest BCUT2D eigenvalue weighted by Crippen LogP contribution is -2.13. The van der Waals surface area contributed by atoms with Gasteiger partial charge in [0, 0.05) is 16.3 Å². The third-order valence-corrected chi connectivity index (χ3v) is 4.10. The van der Waals surface area contributed by atoms with E-state index in [2.05, 4.69) is 24.3 Å².